The Kier molecular flexibility index (Phi) is 14.2. The number of nitrogens with zero attached hydrogens (tertiary/aromatic N) is 3. The van der Waals surface area contributed by atoms with Crippen LogP contribution in [0.1, 0.15) is 41.0 Å². The summed E-state index contributed by atoms with van der Waals surface area (Å²) < 4.78 is 0. The molecule has 0 fully saturated rings. The first-order valence-corrected chi connectivity index (χ1v) is 11.7. The number of rotatable bonds is 19. The number of hydrogen-bond donors (Lipinski definition) is 5. The minimum Gasteiger partial charge on any atom is -0.480 e. The Labute approximate surface area is 212 Å². The van der Waals surface area contributed by atoms with Crippen molar-refractivity contribution in [3.63, 3.8) is 0 Å². The minimum absolute atomic E-state index is 0.0190. The topological polar surface area (TPSA) is 188 Å². The van der Waals surface area contributed by atoms with Crippen molar-refractivity contribution in [2.24, 2.45) is 10.8 Å². The Morgan fingerprint density at radius 2 is 0.917 bits per heavy atom. The van der Waals surface area contributed by atoms with E-state index in [1.165, 1.54) is 9.80 Å². The molecule has 0 saturated carbocycles. The van der Waals surface area contributed by atoms with E-state index in [1.54, 1.807) is 0 Å². The van der Waals surface area contributed by atoms with Gasteiger partial charge in [0.25, 0.3) is 0 Å². The summed E-state index contributed by atoms with van der Waals surface area (Å²) in [6, 6.07) is 0. The Morgan fingerprint density at radius 1 is 0.583 bits per heavy atom. The molecule has 0 heterocycles. The second kappa shape index (κ2) is 15.4. The summed E-state index contributed by atoms with van der Waals surface area (Å²) in [5.74, 6) is -5.08. The third-order valence-electron chi connectivity index (χ3n) is 6.37. The van der Waals surface area contributed by atoms with E-state index in [-0.39, 0.29) is 49.5 Å². The predicted octanol–water partition coefficient (Wildman–Crippen LogP) is -0.191. The van der Waals surface area contributed by atoms with Crippen LogP contribution in [0.5, 0.6) is 0 Å². The van der Waals surface area contributed by atoms with E-state index < -0.39 is 50.1 Å². The minimum atomic E-state index is -1.22. The fraction of sp³-hybridized carbons (Fsp3) is 0.783. The molecule has 5 N–H and O–H groups in total. The Bertz CT molecular complexity index is 749. The number of hydrogen-bond acceptors (Lipinski definition) is 8. The largest absolute Gasteiger partial charge is 0.480 e. The lowest BCUT2D eigenvalue weighted by Crippen LogP contribution is -2.46. The van der Waals surface area contributed by atoms with Gasteiger partial charge in [-0.05, 0) is 17.3 Å². The highest BCUT2D eigenvalue weighted by atomic mass is 16.4. The van der Waals surface area contributed by atoms with Crippen LogP contribution in [0.3, 0.4) is 0 Å². The standard InChI is InChI=1S/C23H42N4O9/c1-22(2,3)23(4,5)6-7-24-17(28)12-26(14-19(31)32)10-8-25(13-18(29)30)9-11-27(15-20(33)34)16-21(35)36/h6-16H2,1-5H3,(H,24,28)(H,29,30)(H,31,32)(H,33,34)(H,35,36). The van der Waals surface area contributed by atoms with Gasteiger partial charge < -0.3 is 25.7 Å². The quantitative estimate of drug-likeness (QED) is 0.152. The molecule has 0 radical (unpaired) electrons. The maximum Gasteiger partial charge on any atom is 0.317 e. The molecule has 13 heteroatoms. The molecular formula is C23H42N4O9. The fourth-order valence-corrected chi connectivity index (χ4v) is 3.18. The van der Waals surface area contributed by atoms with Crippen LogP contribution in [0.25, 0.3) is 0 Å². The smallest absolute Gasteiger partial charge is 0.317 e. The molecule has 0 aromatic rings. The molecule has 0 aromatic heterocycles. The molecule has 0 unspecified atom stereocenters. The fourth-order valence-electron chi connectivity index (χ4n) is 3.18. The van der Waals surface area contributed by atoms with Crippen molar-refractivity contribution in [3.8, 4) is 0 Å². The van der Waals surface area contributed by atoms with Crippen LogP contribution in [-0.4, -0.2) is 130 Å². The highest BCUT2D eigenvalue weighted by molar-refractivity contribution is 5.79. The molecule has 208 valence electrons. The van der Waals surface area contributed by atoms with Crippen molar-refractivity contribution in [1.82, 2.24) is 20.0 Å². The lowest BCUT2D eigenvalue weighted by atomic mass is 9.67. The first kappa shape index (κ1) is 33.2. The van der Waals surface area contributed by atoms with Gasteiger partial charge in [0.1, 0.15) is 0 Å². The van der Waals surface area contributed by atoms with Gasteiger partial charge in [0, 0.05) is 32.7 Å². The van der Waals surface area contributed by atoms with Crippen LogP contribution in [0.2, 0.25) is 0 Å². The SMILES string of the molecule is CC(C)(C)C(C)(C)CCNC(=O)CN(CCN(CCN(CC(=O)O)CC(=O)O)CC(=O)O)CC(=O)O. The highest BCUT2D eigenvalue weighted by Crippen LogP contribution is 2.40. The van der Waals surface area contributed by atoms with Gasteiger partial charge in [-0.3, -0.25) is 38.7 Å². The molecule has 0 atom stereocenters. The van der Waals surface area contributed by atoms with Crippen LogP contribution in [0.4, 0.5) is 0 Å². The average molecular weight is 519 g/mol. The number of amides is 1. The molecule has 0 rings (SSSR count). The lowest BCUT2D eigenvalue weighted by molar-refractivity contribution is -0.143. The Morgan fingerprint density at radius 3 is 1.28 bits per heavy atom. The first-order valence-electron chi connectivity index (χ1n) is 11.7. The molecule has 0 aliphatic heterocycles. The molecule has 0 spiro atoms. The van der Waals surface area contributed by atoms with Gasteiger partial charge in [-0.15, -0.1) is 0 Å². The second-order valence-corrected chi connectivity index (χ2v) is 10.5. The summed E-state index contributed by atoms with van der Waals surface area (Å²) in [4.78, 5) is 60.9. The summed E-state index contributed by atoms with van der Waals surface area (Å²) in [5, 5.41) is 39.1. The van der Waals surface area contributed by atoms with E-state index in [9.17, 15) is 34.2 Å². The van der Waals surface area contributed by atoms with E-state index in [1.807, 2.05) is 0 Å². The number of carbonyl (C=O) groups excluding carboxylic acids is 1. The molecule has 0 aliphatic rings. The molecule has 0 aliphatic carbocycles. The van der Waals surface area contributed by atoms with Crippen LogP contribution < -0.4 is 5.32 Å². The zero-order valence-corrected chi connectivity index (χ0v) is 21.9. The molecule has 1 amide bonds. The van der Waals surface area contributed by atoms with Gasteiger partial charge in [0.05, 0.1) is 32.7 Å². The highest BCUT2D eigenvalue weighted by Gasteiger charge is 2.32. The number of carboxylic acid groups (broad SMARTS) is 4. The van der Waals surface area contributed by atoms with Crippen molar-refractivity contribution in [2.75, 3.05) is 65.4 Å². The number of carbonyl (C=O) groups is 5. The van der Waals surface area contributed by atoms with Gasteiger partial charge in [-0.25, -0.2) is 0 Å². The summed E-state index contributed by atoms with van der Waals surface area (Å²) in [6.45, 7) is 9.11. The van der Waals surface area contributed by atoms with Crippen LogP contribution in [0.15, 0.2) is 0 Å². The van der Waals surface area contributed by atoms with Crippen LogP contribution in [0, 0.1) is 10.8 Å². The van der Waals surface area contributed by atoms with Crippen molar-refractivity contribution in [3.05, 3.63) is 0 Å². The Balaban J connectivity index is 5.03. The second-order valence-electron chi connectivity index (χ2n) is 10.5. The van der Waals surface area contributed by atoms with Crippen molar-refractivity contribution >= 4 is 29.8 Å². The van der Waals surface area contributed by atoms with Crippen LogP contribution >= 0.6 is 0 Å². The van der Waals surface area contributed by atoms with Gasteiger partial charge >= 0.3 is 23.9 Å². The van der Waals surface area contributed by atoms with Gasteiger partial charge in [0.2, 0.25) is 5.91 Å². The molecule has 36 heavy (non-hydrogen) atoms. The summed E-state index contributed by atoms with van der Waals surface area (Å²) in [7, 11) is 0. The average Bonchev–Trinajstić information content (AvgIpc) is 2.66. The van der Waals surface area contributed by atoms with Gasteiger partial charge in [0.15, 0.2) is 0 Å². The number of aliphatic carboxylic acids is 4. The van der Waals surface area contributed by atoms with E-state index in [2.05, 4.69) is 39.9 Å². The summed E-state index contributed by atoms with van der Waals surface area (Å²) in [5.41, 5.74) is -0.00128. The third-order valence-corrected chi connectivity index (χ3v) is 6.37. The van der Waals surface area contributed by atoms with Crippen LogP contribution in [-0.2, 0) is 24.0 Å². The number of carboxylic acids is 4. The monoisotopic (exact) mass is 518 g/mol. The Hall–Kier alpha value is -2.77. The maximum atomic E-state index is 12.4. The maximum absolute atomic E-state index is 12.4. The lowest BCUT2D eigenvalue weighted by Gasteiger charge is -2.39. The third kappa shape index (κ3) is 15.3. The zero-order valence-electron chi connectivity index (χ0n) is 21.9. The van der Waals surface area contributed by atoms with Crippen molar-refractivity contribution < 1.29 is 44.4 Å². The van der Waals surface area contributed by atoms with E-state index in [0.717, 1.165) is 11.3 Å². The molecular weight excluding hydrogens is 476 g/mol. The first-order chi connectivity index (χ1) is 16.4. The number of nitrogens with one attached hydrogen (secondary N) is 1. The molecule has 13 nitrogen and oxygen atoms in total. The van der Waals surface area contributed by atoms with Crippen molar-refractivity contribution in [1.29, 1.82) is 0 Å². The van der Waals surface area contributed by atoms with Gasteiger partial charge in [-0.2, -0.15) is 0 Å². The summed E-state index contributed by atoms with van der Waals surface area (Å²) in [6.07, 6.45) is 0.733. The van der Waals surface area contributed by atoms with E-state index in [4.69, 9.17) is 10.2 Å². The van der Waals surface area contributed by atoms with E-state index in [0.29, 0.717) is 6.54 Å². The summed E-state index contributed by atoms with van der Waals surface area (Å²) >= 11 is 0. The van der Waals surface area contributed by atoms with Crippen molar-refractivity contribution in [2.45, 2.75) is 41.0 Å². The normalized spacial score (nSPS) is 12.2. The molecule has 0 aromatic carbocycles. The zero-order chi connectivity index (χ0) is 28.1. The van der Waals surface area contributed by atoms with E-state index >= 15 is 0 Å². The molecule has 0 bridgehead atoms. The predicted molar refractivity (Wildman–Crippen MR) is 131 cm³/mol. The molecule has 0 saturated heterocycles. The van der Waals surface area contributed by atoms with Gasteiger partial charge in [-0.1, -0.05) is 34.6 Å².